The molecule has 0 aromatic heterocycles. The Labute approximate surface area is 124 Å². The van der Waals surface area contributed by atoms with E-state index in [-0.39, 0.29) is 5.41 Å². The van der Waals surface area contributed by atoms with Crippen LogP contribution in [0.25, 0.3) is 5.76 Å². The Bertz CT molecular complexity index is 475. The summed E-state index contributed by atoms with van der Waals surface area (Å²) >= 11 is 0. The van der Waals surface area contributed by atoms with E-state index >= 15 is 0 Å². The molecule has 1 heteroatoms. The summed E-state index contributed by atoms with van der Waals surface area (Å²) in [4.78, 5) is 0. The summed E-state index contributed by atoms with van der Waals surface area (Å²) < 4.78 is 0. The molecule has 0 bridgehead atoms. The number of rotatable bonds is 5. The van der Waals surface area contributed by atoms with E-state index in [2.05, 4.69) is 39.8 Å². The van der Waals surface area contributed by atoms with E-state index < -0.39 is 0 Å². The second-order valence-corrected chi connectivity index (χ2v) is 6.41. The van der Waals surface area contributed by atoms with Gasteiger partial charge in [-0.15, -0.1) is 0 Å². The van der Waals surface area contributed by atoms with Crippen molar-refractivity contribution < 1.29 is 5.11 Å². The average molecular weight is 272 g/mol. The van der Waals surface area contributed by atoms with Crippen molar-refractivity contribution in [1.29, 1.82) is 0 Å². The minimum absolute atomic E-state index is 0.233. The van der Waals surface area contributed by atoms with Crippen LogP contribution in [0.5, 0.6) is 0 Å². The molecule has 1 atom stereocenters. The predicted octanol–water partition coefficient (Wildman–Crippen LogP) is 6.09. The molecule has 1 aromatic rings. The molecule has 20 heavy (non-hydrogen) atoms. The maximum atomic E-state index is 10.1. The van der Waals surface area contributed by atoms with Crippen LogP contribution >= 0.6 is 0 Å². The van der Waals surface area contributed by atoms with E-state index in [1.165, 1.54) is 18.4 Å². The first kappa shape index (κ1) is 16.6. The van der Waals surface area contributed by atoms with Crippen LogP contribution < -0.4 is 0 Å². The van der Waals surface area contributed by atoms with Gasteiger partial charge in [0.15, 0.2) is 0 Å². The van der Waals surface area contributed by atoms with Crippen molar-refractivity contribution in [2.24, 2.45) is 5.41 Å². The van der Waals surface area contributed by atoms with E-state index in [0.717, 1.165) is 5.56 Å². The quantitative estimate of drug-likeness (QED) is 0.508. The molecule has 0 radical (unpaired) electrons. The van der Waals surface area contributed by atoms with Gasteiger partial charge in [-0.1, -0.05) is 64.5 Å². The van der Waals surface area contributed by atoms with E-state index in [1.54, 1.807) is 6.08 Å². The highest BCUT2D eigenvalue weighted by Crippen LogP contribution is 2.39. The molecular formula is C19H28O. The zero-order valence-electron chi connectivity index (χ0n) is 13.5. The average Bonchev–Trinajstić information content (AvgIpc) is 2.41. The molecule has 0 aliphatic rings. The summed E-state index contributed by atoms with van der Waals surface area (Å²) in [5, 5.41) is 10.1. The molecule has 0 saturated heterocycles. The fourth-order valence-electron chi connectivity index (χ4n) is 2.59. The van der Waals surface area contributed by atoms with Gasteiger partial charge in [-0.25, -0.2) is 0 Å². The summed E-state index contributed by atoms with van der Waals surface area (Å²) in [7, 11) is 0. The fourth-order valence-corrected chi connectivity index (χ4v) is 2.59. The monoisotopic (exact) mass is 272 g/mol. The molecule has 0 spiro atoms. The standard InChI is InChI=1S/C19H28O/c1-6-8-13-18(20)16-12-9-11-15(14-16)17(10-7-2)19(3,4)5/h6,8-9,11-14,17,20H,7,10H2,1-5H3/b8-6-,18-13+. The molecule has 1 N–H and O–H groups in total. The third-order valence-corrected chi connectivity index (χ3v) is 3.65. The lowest BCUT2D eigenvalue weighted by atomic mass is 9.74. The predicted molar refractivity (Wildman–Crippen MR) is 89.0 cm³/mol. The Balaban J connectivity index is 3.13. The first-order chi connectivity index (χ1) is 9.40. The number of aliphatic hydroxyl groups excluding tert-OH is 1. The fraction of sp³-hybridized carbons (Fsp3) is 0.474. The number of hydrogen-bond donors (Lipinski definition) is 1. The van der Waals surface area contributed by atoms with Crippen molar-refractivity contribution in [3.05, 3.63) is 53.6 Å². The minimum Gasteiger partial charge on any atom is -0.507 e. The molecule has 110 valence electrons. The van der Waals surface area contributed by atoms with E-state index in [4.69, 9.17) is 0 Å². The highest BCUT2D eigenvalue weighted by molar-refractivity contribution is 5.60. The molecule has 1 unspecified atom stereocenters. The third kappa shape index (κ3) is 4.56. The number of aliphatic hydroxyl groups is 1. The Morgan fingerprint density at radius 2 is 2.00 bits per heavy atom. The van der Waals surface area contributed by atoms with Crippen molar-refractivity contribution in [2.45, 2.75) is 53.4 Å². The third-order valence-electron chi connectivity index (χ3n) is 3.65. The second kappa shape index (κ2) is 7.33. The van der Waals surface area contributed by atoms with Crippen LogP contribution in [0.4, 0.5) is 0 Å². The maximum absolute atomic E-state index is 10.1. The summed E-state index contributed by atoms with van der Waals surface area (Å²) in [6, 6.07) is 8.31. The summed E-state index contributed by atoms with van der Waals surface area (Å²) in [5.41, 5.74) is 2.44. The molecule has 0 heterocycles. The van der Waals surface area contributed by atoms with Gasteiger partial charge in [-0.3, -0.25) is 0 Å². The van der Waals surface area contributed by atoms with Gasteiger partial charge in [-0.2, -0.15) is 0 Å². The lowest BCUT2D eigenvalue weighted by Gasteiger charge is -2.31. The molecule has 1 rings (SSSR count). The zero-order valence-corrected chi connectivity index (χ0v) is 13.5. The highest BCUT2D eigenvalue weighted by atomic mass is 16.3. The van der Waals surface area contributed by atoms with Crippen LogP contribution in [-0.2, 0) is 0 Å². The second-order valence-electron chi connectivity index (χ2n) is 6.41. The molecule has 0 amide bonds. The summed E-state index contributed by atoms with van der Waals surface area (Å²) in [6.45, 7) is 11.0. The van der Waals surface area contributed by atoms with Gasteiger partial charge in [0.05, 0.1) is 0 Å². The van der Waals surface area contributed by atoms with Crippen LogP contribution in [0.3, 0.4) is 0 Å². The van der Waals surface area contributed by atoms with Crippen LogP contribution in [-0.4, -0.2) is 5.11 Å². The molecule has 0 aliphatic heterocycles. The number of hydrogen-bond acceptors (Lipinski definition) is 1. The molecule has 1 aromatic carbocycles. The number of allylic oxidation sites excluding steroid dienone is 3. The lowest BCUT2D eigenvalue weighted by Crippen LogP contribution is -2.18. The first-order valence-electron chi connectivity index (χ1n) is 7.52. The topological polar surface area (TPSA) is 20.2 Å². The smallest absolute Gasteiger partial charge is 0.122 e. The van der Waals surface area contributed by atoms with Crippen LogP contribution in [0, 0.1) is 5.41 Å². The maximum Gasteiger partial charge on any atom is 0.122 e. The molecule has 1 nitrogen and oxygen atoms in total. The Morgan fingerprint density at radius 1 is 1.30 bits per heavy atom. The van der Waals surface area contributed by atoms with Crippen LogP contribution in [0.2, 0.25) is 0 Å². The van der Waals surface area contributed by atoms with Crippen molar-refractivity contribution in [3.8, 4) is 0 Å². The largest absolute Gasteiger partial charge is 0.507 e. The molecular weight excluding hydrogens is 244 g/mol. The Morgan fingerprint density at radius 3 is 2.55 bits per heavy atom. The lowest BCUT2D eigenvalue weighted by molar-refractivity contribution is 0.303. The molecule has 0 fully saturated rings. The first-order valence-corrected chi connectivity index (χ1v) is 7.52. The Hall–Kier alpha value is -1.50. The van der Waals surface area contributed by atoms with Crippen LogP contribution in [0.1, 0.15) is 64.5 Å². The van der Waals surface area contributed by atoms with Gasteiger partial charge in [0.2, 0.25) is 0 Å². The van der Waals surface area contributed by atoms with Gasteiger partial charge in [0.25, 0.3) is 0 Å². The van der Waals surface area contributed by atoms with Gasteiger partial charge in [0.1, 0.15) is 5.76 Å². The Kier molecular flexibility index (Phi) is 6.06. The normalized spacial score (nSPS) is 14.8. The van der Waals surface area contributed by atoms with Crippen molar-refractivity contribution >= 4 is 5.76 Å². The van der Waals surface area contributed by atoms with E-state index in [9.17, 15) is 5.11 Å². The van der Waals surface area contributed by atoms with Gasteiger partial charge in [-0.05, 0) is 42.4 Å². The minimum atomic E-state index is 0.233. The van der Waals surface area contributed by atoms with Crippen molar-refractivity contribution in [2.75, 3.05) is 0 Å². The molecule has 0 saturated carbocycles. The van der Waals surface area contributed by atoms with E-state index in [1.807, 2.05) is 31.2 Å². The summed E-state index contributed by atoms with van der Waals surface area (Å²) in [5.74, 6) is 0.844. The SMILES string of the molecule is C/C=C\C=C(\O)c1cccc(C(CCC)C(C)(C)C)c1. The highest BCUT2D eigenvalue weighted by Gasteiger charge is 2.25. The van der Waals surface area contributed by atoms with Gasteiger partial charge in [0, 0.05) is 5.56 Å². The number of benzene rings is 1. The van der Waals surface area contributed by atoms with Gasteiger partial charge < -0.3 is 5.11 Å². The van der Waals surface area contributed by atoms with Crippen molar-refractivity contribution in [3.63, 3.8) is 0 Å². The summed E-state index contributed by atoms with van der Waals surface area (Å²) in [6.07, 6.45) is 7.86. The van der Waals surface area contributed by atoms with Crippen LogP contribution in [0.15, 0.2) is 42.5 Å². The van der Waals surface area contributed by atoms with Crippen molar-refractivity contribution in [1.82, 2.24) is 0 Å². The van der Waals surface area contributed by atoms with Gasteiger partial charge >= 0.3 is 0 Å². The zero-order chi connectivity index (χ0) is 15.2. The van der Waals surface area contributed by atoms with E-state index in [0.29, 0.717) is 11.7 Å². The molecule has 0 aliphatic carbocycles.